The van der Waals surface area contributed by atoms with E-state index in [-0.39, 0.29) is 0 Å². The SMILES string of the molecule is BC1(B)Oc2ccccc2-c2c(-c3ccc(-c4nc(-c5ccccc5-c5ccccc5)nc(-c5cccc6c5oc5ccccc56)n4)cc3)cccc21. The Balaban J connectivity index is 1.15. The minimum absolute atomic E-state index is 0.462. The standard InChI is InChI=1S/C46H31B2N3O2/c47-46(48)38-21-11-18-32(41(38)36-17-7-9-23-40(36)53-46)29-24-26-30(27-25-29)43-49-44(35-16-5-4-14-31(35)28-12-2-1-3-13-28)51-45(50-43)37-20-10-19-34-33-15-6-8-22-39(33)52-42(34)37/h1-27H,47-48H2. The van der Waals surface area contributed by atoms with Gasteiger partial charge in [0.2, 0.25) is 0 Å². The number of benzene rings is 7. The van der Waals surface area contributed by atoms with Crippen LogP contribution in [0.1, 0.15) is 5.56 Å². The molecule has 0 aliphatic carbocycles. The first-order valence-electron chi connectivity index (χ1n) is 17.9. The van der Waals surface area contributed by atoms with E-state index >= 15 is 0 Å². The van der Waals surface area contributed by atoms with Gasteiger partial charge >= 0.3 is 0 Å². The first-order valence-corrected chi connectivity index (χ1v) is 17.9. The summed E-state index contributed by atoms with van der Waals surface area (Å²) in [6.45, 7) is 0. The van der Waals surface area contributed by atoms with Gasteiger partial charge in [-0.3, -0.25) is 0 Å². The molecule has 7 aromatic carbocycles. The van der Waals surface area contributed by atoms with Crippen LogP contribution in [0.25, 0.3) is 89.5 Å². The Morgan fingerprint density at radius 2 is 0.981 bits per heavy atom. The Bertz CT molecular complexity index is 2850. The Labute approximate surface area is 308 Å². The van der Waals surface area contributed by atoms with Crippen LogP contribution in [-0.2, 0) is 5.40 Å². The zero-order valence-electron chi connectivity index (χ0n) is 29.2. The van der Waals surface area contributed by atoms with Crippen LogP contribution in [0.4, 0.5) is 0 Å². The summed E-state index contributed by atoms with van der Waals surface area (Å²) in [6.07, 6.45) is 0. The van der Waals surface area contributed by atoms with E-state index in [9.17, 15) is 0 Å². The number of ether oxygens (including phenoxy) is 1. The number of fused-ring (bicyclic) bond motifs is 6. The zero-order chi connectivity index (χ0) is 35.5. The summed E-state index contributed by atoms with van der Waals surface area (Å²) in [5, 5.41) is 1.62. The average molecular weight is 679 g/mol. The summed E-state index contributed by atoms with van der Waals surface area (Å²) < 4.78 is 12.9. The average Bonchev–Trinajstić information content (AvgIpc) is 3.60. The highest BCUT2D eigenvalue weighted by Gasteiger charge is 2.33. The number of furan rings is 1. The zero-order valence-corrected chi connectivity index (χ0v) is 29.2. The van der Waals surface area contributed by atoms with Gasteiger partial charge in [0.1, 0.15) is 16.9 Å². The number of hydrogen-bond donors (Lipinski definition) is 0. The van der Waals surface area contributed by atoms with E-state index in [4.69, 9.17) is 24.1 Å². The van der Waals surface area contributed by atoms with Gasteiger partial charge in [0.25, 0.3) is 0 Å². The number of rotatable bonds is 5. The predicted molar refractivity (Wildman–Crippen MR) is 219 cm³/mol. The van der Waals surface area contributed by atoms with Crippen LogP contribution in [0.15, 0.2) is 168 Å². The lowest BCUT2D eigenvalue weighted by Gasteiger charge is -2.36. The quantitative estimate of drug-likeness (QED) is 0.170. The van der Waals surface area contributed by atoms with Gasteiger partial charge in [0.15, 0.2) is 33.2 Å². The maximum Gasteiger partial charge on any atom is 0.167 e. The highest BCUT2D eigenvalue weighted by atomic mass is 16.5. The topological polar surface area (TPSA) is 61.0 Å². The molecule has 0 bridgehead atoms. The fourth-order valence-electron chi connectivity index (χ4n) is 7.69. The van der Waals surface area contributed by atoms with Gasteiger partial charge in [-0.1, -0.05) is 146 Å². The summed E-state index contributed by atoms with van der Waals surface area (Å²) >= 11 is 0. The molecule has 0 atom stereocenters. The first-order chi connectivity index (χ1) is 26.0. The Hall–Kier alpha value is -6.72. The van der Waals surface area contributed by atoms with E-state index in [0.29, 0.717) is 17.5 Å². The van der Waals surface area contributed by atoms with E-state index in [0.717, 1.165) is 72.2 Å². The number of nitrogens with zero attached hydrogens (tertiary/aromatic N) is 3. The van der Waals surface area contributed by atoms with Gasteiger partial charge in [-0.05, 0) is 51.6 Å². The van der Waals surface area contributed by atoms with Crippen LogP contribution >= 0.6 is 0 Å². The Kier molecular flexibility index (Phi) is 7.15. The molecule has 2 aromatic heterocycles. The lowest BCUT2D eigenvalue weighted by atomic mass is 9.58. The highest BCUT2D eigenvalue weighted by molar-refractivity contribution is 6.40. The van der Waals surface area contributed by atoms with E-state index in [1.54, 1.807) is 0 Å². The molecule has 0 unspecified atom stereocenters. The number of para-hydroxylation sites is 3. The van der Waals surface area contributed by atoms with Crippen LogP contribution in [0.3, 0.4) is 0 Å². The molecule has 0 saturated heterocycles. The summed E-state index contributed by atoms with van der Waals surface area (Å²) in [5.41, 5.74) is 12.1. The molecule has 0 spiro atoms. The minimum Gasteiger partial charge on any atom is -0.500 e. The van der Waals surface area contributed by atoms with Crippen molar-refractivity contribution in [1.29, 1.82) is 0 Å². The Morgan fingerprint density at radius 1 is 0.415 bits per heavy atom. The molecule has 0 saturated carbocycles. The molecular weight excluding hydrogens is 648 g/mol. The van der Waals surface area contributed by atoms with Crippen LogP contribution in [-0.4, -0.2) is 30.6 Å². The van der Waals surface area contributed by atoms with Crippen LogP contribution in [0.2, 0.25) is 0 Å². The summed E-state index contributed by atoms with van der Waals surface area (Å²) in [6, 6.07) is 56.2. The summed E-state index contributed by atoms with van der Waals surface area (Å²) in [7, 11) is 4.26. The molecule has 1 aliphatic heterocycles. The van der Waals surface area contributed by atoms with Crippen LogP contribution in [0, 0.1) is 0 Å². The fourth-order valence-corrected chi connectivity index (χ4v) is 7.69. The highest BCUT2D eigenvalue weighted by Crippen LogP contribution is 2.47. The monoisotopic (exact) mass is 679 g/mol. The lowest BCUT2D eigenvalue weighted by Crippen LogP contribution is -2.37. The number of aromatic nitrogens is 3. The largest absolute Gasteiger partial charge is 0.500 e. The second-order valence-corrected chi connectivity index (χ2v) is 13.9. The van der Waals surface area contributed by atoms with Crippen molar-refractivity contribution in [2.45, 2.75) is 5.40 Å². The molecule has 0 N–H and O–H groups in total. The minimum atomic E-state index is -0.462. The van der Waals surface area contributed by atoms with Crippen molar-refractivity contribution in [3.05, 3.63) is 169 Å². The molecule has 0 fully saturated rings. The molecule has 9 aromatic rings. The van der Waals surface area contributed by atoms with Gasteiger partial charge in [0, 0.05) is 27.5 Å². The van der Waals surface area contributed by atoms with Crippen LogP contribution < -0.4 is 4.74 Å². The molecule has 3 heterocycles. The van der Waals surface area contributed by atoms with Gasteiger partial charge in [0.05, 0.1) is 11.0 Å². The lowest BCUT2D eigenvalue weighted by molar-refractivity contribution is 0.241. The molecule has 0 amide bonds. The molecule has 248 valence electrons. The van der Waals surface area contributed by atoms with E-state index in [1.807, 2.05) is 48.5 Å². The van der Waals surface area contributed by atoms with Crippen molar-refractivity contribution in [3.8, 4) is 73.3 Å². The maximum absolute atomic E-state index is 6.46. The summed E-state index contributed by atoms with van der Waals surface area (Å²) in [5.74, 6) is 2.63. The van der Waals surface area contributed by atoms with Crippen molar-refractivity contribution in [3.63, 3.8) is 0 Å². The fraction of sp³-hybridized carbons (Fsp3) is 0.0217. The molecule has 10 rings (SSSR count). The third kappa shape index (κ3) is 5.24. The van der Waals surface area contributed by atoms with Gasteiger partial charge in [-0.25, -0.2) is 15.0 Å². The summed E-state index contributed by atoms with van der Waals surface area (Å²) in [4.78, 5) is 15.5. The van der Waals surface area contributed by atoms with Gasteiger partial charge in [-0.15, -0.1) is 0 Å². The van der Waals surface area contributed by atoms with Crippen molar-refractivity contribution in [1.82, 2.24) is 15.0 Å². The normalized spacial score (nSPS) is 13.0. The third-order valence-electron chi connectivity index (χ3n) is 10.2. The predicted octanol–water partition coefficient (Wildman–Crippen LogP) is 9.54. The molecule has 1 aliphatic rings. The molecule has 0 radical (unpaired) electrons. The third-order valence-corrected chi connectivity index (χ3v) is 10.2. The smallest absolute Gasteiger partial charge is 0.167 e. The molecule has 53 heavy (non-hydrogen) atoms. The van der Waals surface area contributed by atoms with E-state index in [1.165, 1.54) is 11.1 Å². The van der Waals surface area contributed by atoms with Crippen molar-refractivity contribution in [2.75, 3.05) is 0 Å². The van der Waals surface area contributed by atoms with E-state index < -0.39 is 5.40 Å². The molecule has 7 heteroatoms. The Morgan fingerprint density at radius 3 is 1.81 bits per heavy atom. The van der Waals surface area contributed by atoms with Gasteiger partial charge in [-0.2, -0.15) is 0 Å². The molecular formula is C46H31B2N3O2. The second-order valence-electron chi connectivity index (χ2n) is 13.9. The van der Waals surface area contributed by atoms with Crippen molar-refractivity contribution in [2.24, 2.45) is 0 Å². The van der Waals surface area contributed by atoms with Crippen molar-refractivity contribution >= 4 is 37.6 Å². The van der Waals surface area contributed by atoms with Crippen LogP contribution in [0.5, 0.6) is 5.75 Å². The van der Waals surface area contributed by atoms with Crippen molar-refractivity contribution < 1.29 is 9.15 Å². The number of hydrogen-bond acceptors (Lipinski definition) is 5. The molecule has 5 nitrogen and oxygen atoms in total. The first kappa shape index (κ1) is 31.1. The van der Waals surface area contributed by atoms with E-state index in [2.05, 4.69) is 131 Å². The van der Waals surface area contributed by atoms with Gasteiger partial charge < -0.3 is 9.15 Å². The second kappa shape index (κ2) is 12.2. The maximum atomic E-state index is 6.46.